The summed E-state index contributed by atoms with van der Waals surface area (Å²) in [7, 11) is 0. The summed E-state index contributed by atoms with van der Waals surface area (Å²) in [6.45, 7) is 0.664. The molecule has 1 N–H and O–H groups in total. The van der Waals surface area contributed by atoms with Gasteiger partial charge in [-0.2, -0.15) is 0 Å². The highest BCUT2D eigenvalue weighted by Crippen LogP contribution is 2.22. The fourth-order valence-corrected chi connectivity index (χ4v) is 3.14. The number of amides is 1. The Kier molecular flexibility index (Phi) is 6.19. The van der Waals surface area contributed by atoms with Crippen LogP contribution >= 0.6 is 0 Å². The van der Waals surface area contributed by atoms with E-state index in [-0.39, 0.29) is 37.6 Å². The average Bonchev–Trinajstić information content (AvgIpc) is 2.81. The third-order valence-electron chi connectivity index (χ3n) is 4.71. The fraction of sp³-hybridized carbons (Fsp3) is 0.167. The second-order valence-electron chi connectivity index (χ2n) is 6.76. The Morgan fingerprint density at radius 2 is 1.90 bits per heavy atom. The van der Waals surface area contributed by atoms with Crippen molar-refractivity contribution in [3.05, 3.63) is 77.5 Å². The number of ether oxygens (including phenoxy) is 1. The molecule has 4 rings (SSSR count). The van der Waals surface area contributed by atoms with E-state index in [2.05, 4.69) is 27.1 Å². The molecule has 0 fully saturated rings. The molecule has 2 aromatic heterocycles. The van der Waals surface area contributed by atoms with Crippen LogP contribution in [0.15, 0.2) is 71.9 Å². The first-order valence-electron chi connectivity index (χ1n) is 9.85. The molecule has 0 aliphatic heterocycles. The maximum absolute atomic E-state index is 12.4. The SMILES string of the molecule is O=C(CCn1cnc2ccccc2c1=O)NCC#CCOc1cccc2cccnc12. The Morgan fingerprint density at radius 3 is 2.84 bits per heavy atom. The number of carbonyl (C=O) groups excluding carboxylic acids is 1. The highest BCUT2D eigenvalue weighted by Gasteiger charge is 2.06. The van der Waals surface area contributed by atoms with Gasteiger partial charge in [-0.15, -0.1) is 0 Å². The molecule has 0 saturated heterocycles. The molecule has 0 radical (unpaired) electrons. The van der Waals surface area contributed by atoms with Gasteiger partial charge in [-0.25, -0.2) is 4.98 Å². The molecule has 7 nitrogen and oxygen atoms in total. The highest BCUT2D eigenvalue weighted by molar-refractivity contribution is 5.84. The van der Waals surface area contributed by atoms with Crippen molar-refractivity contribution in [2.45, 2.75) is 13.0 Å². The zero-order valence-corrected chi connectivity index (χ0v) is 16.7. The summed E-state index contributed by atoms with van der Waals surface area (Å²) >= 11 is 0. The van der Waals surface area contributed by atoms with E-state index in [1.807, 2.05) is 36.4 Å². The number of fused-ring (bicyclic) bond motifs is 2. The largest absolute Gasteiger partial charge is 0.479 e. The van der Waals surface area contributed by atoms with E-state index in [4.69, 9.17) is 4.74 Å². The summed E-state index contributed by atoms with van der Waals surface area (Å²) in [4.78, 5) is 33.0. The predicted molar refractivity (Wildman–Crippen MR) is 119 cm³/mol. The number of hydrogen-bond donors (Lipinski definition) is 1. The van der Waals surface area contributed by atoms with Crippen molar-refractivity contribution in [2.75, 3.05) is 13.2 Å². The summed E-state index contributed by atoms with van der Waals surface area (Å²) < 4.78 is 7.13. The van der Waals surface area contributed by atoms with Crippen LogP contribution in [0.25, 0.3) is 21.8 Å². The maximum atomic E-state index is 12.4. The van der Waals surface area contributed by atoms with Gasteiger partial charge in [0, 0.05) is 24.5 Å². The van der Waals surface area contributed by atoms with Crippen LogP contribution in [0.4, 0.5) is 0 Å². The van der Waals surface area contributed by atoms with E-state index in [0.717, 1.165) is 10.9 Å². The number of pyridine rings is 1. The molecule has 0 bridgehead atoms. The lowest BCUT2D eigenvalue weighted by atomic mass is 10.2. The van der Waals surface area contributed by atoms with E-state index in [0.29, 0.717) is 16.7 Å². The summed E-state index contributed by atoms with van der Waals surface area (Å²) in [6, 6.07) is 16.7. The number of para-hydroxylation sites is 2. The molecule has 0 aliphatic carbocycles. The molecule has 7 heteroatoms. The molecule has 0 unspecified atom stereocenters. The summed E-state index contributed by atoms with van der Waals surface area (Å²) in [5.74, 6) is 6.22. The zero-order valence-electron chi connectivity index (χ0n) is 16.7. The smallest absolute Gasteiger partial charge is 0.261 e. The van der Waals surface area contributed by atoms with Crippen LogP contribution in [0.2, 0.25) is 0 Å². The van der Waals surface area contributed by atoms with Gasteiger partial charge in [-0.05, 0) is 24.3 Å². The van der Waals surface area contributed by atoms with Crippen molar-refractivity contribution >= 4 is 27.7 Å². The number of nitrogens with zero attached hydrogens (tertiary/aromatic N) is 3. The Morgan fingerprint density at radius 1 is 1.03 bits per heavy atom. The standard InChI is InChI=1S/C24H20N4O3/c29-22(12-15-28-17-27-20-10-2-1-9-19(20)24(28)30)25-13-3-4-16-31-21-11-5-7-18-8-6-14-26-23(18)21/h1-2,5-11,14,17H,12-13,15-16H2,(H,25,29). The van der Waals surface area contributed by atoms with Crippen LogP contribution in [0, 0.1) is 11.8 Å². The van der Waals surface area contributed by atoms with Crippen molar-refractivity contribution in [3.63, 3.8) is 0 Å². The predicted octanol–water partition coefficient (Wildman–Crippen LogP) is 2.53. The maximum Gasteiger partial charge on any atom is 0.261 e. The lowest BCUT2D eigenvalue weighted by molar-refractivity contribution is -0.121. The highest BCUT2D eigenvalue weighted by atomic mass is 16.5. The number of benzene rings is 2. The summed E-state index contributed by atoms with van der Waals surface area (Å²) in [5.41, 5.74) is 1.28. The summed E-state index contributed by atoms with van der Waals surface area (Å²) in [5, 5.41) is 4.26. The molecule has 1 amide bonds. The third-order valence-corrected chi connectivity index (χ3v) is 4.71. The van der Waals surface area contributed by atoms with Gasteiger partial charge < -0.3 is 10.1 Å². The lowest BCUT2D eigenvalue weighted by Crippen LogP contribution is -2.27. The second-order valence-corrected chi connectivity index (χ2v) is 6.76. The number of aryl methyl sites for hydroxylation is 1. The van der Waals surface area contributed by atoms with Crippen molar-refractivity contribution < 1.29 is 9.53 Å². The minimum absolute atomic E-state index is 0.154. The van der Waals surface area contributed by atoms with Crippen molar-refractivity contribution in [3.8, 4) is 17.6 Å². The van der Waals surface area contributed by atoms with Crippen LogP contribution in [-0.4, -0.2) is 33.6 Å². The molecule has 0 aliphatic rings. The van der Waals surface area contributed by atoms with Crippen LogP contribution < -0.4 is 15.6 Å². The molecule has 31 heavy (non-hydrogen) atoms. The molecule has 2 aromatic carbocycles. The normalized spacial score (nSPS) is 10.5. The van der Waals surface area contributed by atoms with E-state index >= 15 is 0 Å². The van der Waals surface area contributed by atoms with Crippen LogP contribution in [0.3, 0.4) is 0 Å². The monoisotopic (exact) mass is 412 g/mol. The minimum atomic E-state index is -0.187. The first-order chi connectivity index (χ1) is 15.2. The van der Waals surface area contributed by atoms with E-state index in [1.54, 1.807) is 24.4 Å². The molecular weight excluding hydrogens is 392 g/mol. The van der Waals surface area contributed by atoms with E-state index < -0.39 is 0 Å². The summed E-state index contributed by atoms with van der Waals surface area (Å²) in [6.07, 6.45) is 3.36. The van der Waals surface area contributed by atoms with Gasteiger partial charge in [0.2, 0.25) is 5.91 Å². The van der Waals surface area contributed by atoms with Gasteiger partial charge in [-0.3, -0.25) is 19.1 Å². The molecule has 4 aromatic rings. The Hall–Kier alpha value is -4.18. The molecule has 0 spiro atoms. The van der Waals surface area contributed by atoms with Crippen LogP contribution in [0.1, 0.15) is 6.42 Å². The average molecular weight is 412 g/mol. The van der Waals surface area contributed by atoms with Gasteiger partial charge in [0.15, 0.2) is 0 Å². The first-order valence-corrected chi connectivity index (χ1v) is 9.85. The number of aromatic nitrogens is 3. The molecule has 0 saturated carbocycles. The van der Waals surface area contributed by atoms with Crippen molar-refractivity contribution in [2.24, 2.45) is 0 Å². The zero-order chi connectivity index (χ0) is 21.5. The third kappa shape index (κ3) is 4.87. The van der Waals surface area contributed by atoms with Gasteiger partial charge >= 0.3 is 0 Å². The fourth-order valence-electron chi connectivity index (χ4n) is 3.14. The lowest BCUT2D eigenvalue weighted by Gasteiger charge is -2.06. The Balaban J connectivity index is 1.24. The number of hydrogen-bond acceptors (Lipinski definition) is 5. The molecule has 0 atom stereocenters. The van der Waals surface area contributed by atoms with Gasteiger partial charge in [0.25, 0.3) is 5.56 Å². The number of carbonyl (C=O) groups is 1. The van der Waals surface area contributed by atoms with E-state index in [1.165, 1.54) is 10.9 Å². The van der Waals surface area contributed by atoms with Gasteiger partial charge in [0.05, 0.1) is 23.8 Å². The molecule has 2 heterocycles. The van der Waals surface area contributed by atoms with Crippen LogP contribution in [-0.2, 0) is 11.3 Å². The Labute approximate surface area is 178 Å². The Bertz CT molecular complexity index is 1350. The number of rotatable bonds is 6. The number of nitrogens with one attached hydrogen (secondary N) is 1. The minimum Gasteiger partial charge on any atom is -0.479 e. The van der Waals surface area contributed by atoms with Crippen molar-refractivity contribution in [1.82, 2.24) is 19.9 Å². The van der Waals surface area contributed by atoms with Gasteiger partial charge in [-0.1, -0.05) is 42.2 Å². The van der Waals surface area contributed by atoms with Gasteiger partial charge in [0.1, 0.15) is 17.9 Å². The first kappa shape index (κ1) is 20.1. The van der Waals surface area contributed by atoms with Crippen LogP contribution in [0.5, 0.6) is 5.75 Å². The van der Waals surface area contributed by atoms with E-state index in [9.17, 15) is 9.59 Å². The van der Waals surface area contributed by atoms with Crippen molar-refractivity contribution in [1.29, 1.82) is 0 Å². The molecular formula is C24H20N4O3. The topological polar surface area (TPSA) is 86.1 Å². The quantitative estimate of drug-likeness (QED) is 0.492. The molecule has 154 valence electrons. The second kappa shape index (κ2) is 9.55.